The molecule has 0 aliphatic heterocycles. The average Bonchev–Trinajstić information content (AvgIpc) is 3.78. The Bertz CT molecular complexity index is 3240. The Morgan fingerprint density at radius 3 is 1.10 bits per heavy atom. The second-order valence-corrected chi connectivity index (χ2v) is 12.1. The van der Waals surface area contributed by atoms with Crippen molar-refractivity contribution in [2.75, 3.05) is 0 Å². The molecule has 0 aliphatic carbocycles. The zero-order valence-electron chi connectivity index (χ0n) is 38.4. The zero-order chi connectivity index (χ0) is 43.5. The van der Waals surface area contributed by atoms with Crippen LogP contribution in [-0.4, -0.2) is 9.13 Å². The summed E-state index contributed by atoms with van der Waals surface area (Å²) in [7, 11) is 0. The molecule has 2 nitrogen and oxygen atoms in total. The van der Waals surface area contributed by atoms with Crippen molar-refractivity contribution in [2.24, 2.45) is 0 Å². The third-order valence-electron chi connectivity index (χ3n) is 9.38. The highest BCUT2D eigenvalue weighted by Gasteiger charge is 2.16. The standard InChI is InChI=1S/C48H32N2/c1-3-11-33(12-4-1)35-19-25-39(26-20-35)49-45-17-9-7-15-41(45)43-31-37(23-29-47(43)49)38-24-30-48-44(32-38)42-16-8-10-18-46(42)50(48)40-27-21-36(22-28-40)34-13-5-2-6-14-34/h1-32H/i1D,2D,3D,4D,5D,6D,7D,8D,11D,12D,13D,14D. The van der Waals surface area contributed by atoms with Crippen molar-refractivity contribution in [3.63, 3.8) is 0 Å². The van der Waals surface area contributed by atoms with Crippen LogP contribution in [0.25, 0.3) is 88.4 Å². The van der Waals surface area contributed by atoms with Gasteiger partial charge in [0, 0.05) is 32.9 Å². The Morgan fingerprint density at radius 1 is 0.300 bits per heavy atom. The van der Waals surface area contributed by atoms with Gasteiger partial charge in [-0.3, -0.25) is 0 Å². The number of fused-ring (bicyclic) bond motifs is 6. The lowest BCUT2D eigenvalue weighted by molar-refractivity contribution is 1.18. The molecule has 0 bridgehead atoms. The maximum Gasteiger partial charge on any atom is 0.0629 e. The fourth-order valence-electron chi connectivity index (χ4n) is 7.08. The summed E-state index contributed by atoms with van der Waals surface area (Å²) in [6, 6.07) is 35.2. The quantitative estimate of drug-likeness (QED) is 0.176. The van der Waals surface area contributed by atoms with E-state index in [0.29, 0.717) is 23.2 Å². The first kappa shape index (κ1) is 18.8. The van der Waals surface area contributed by atoms with Crippen LogP contribution in [-0.2, 0) is 0 Å². The van der Waals surface area contributed by atoms with Gasteiger partial charge >= 0.3 is 0 Å². The number of para-hydroxylation sites is 2. The van der Waals surface area contributed by atoms with Gasteiger partial charge in [-0.25, -0.2) is 0 Å². The molecule has 0 aliphatic rings. The van der Waals surface area contributed by atoms with Crippen molar-refractivity contribution in [1.29, 1.82) is 0 Å². The van der Waals surface area contributed by atoms with Crippen molar-refractivity contribution in [1.82, 2.24) is 9.13 Å². The fourth-order valence-corrected chi connectivity index (χ4v) is 7.08. The highest BCUT2D eigenvalue weighted by Crippen LogP contribution is 2.38. The highest BCUT2D eigenvalue weighted by molar-refractivity contribution is 6.12. The van der Waals surface area contributed by atoms with Crippen LogP contribution in [0, 0.1) is 0 Å². The summed E-state index contributed by atoms with van der Waals surface area (Å²) in [4.78, 5) is 0. The molecule has 2 heterocycles. The van der Waals surface area contributed by atoms with Crippen molar-refractivity contribution >= 4 is 43.6 Å². The predicted molar refractivity (Wildman–Crippen MR) is 211 cm³/mol. The van der Waals surface area contributed by atoms with E-state index in [1.165, 1.54) is 0 Å². The highest BCUT2D eigenvalue weighted by atomic mass is 15.0. The predicted octanol–water partition coefficient (Wildman–Crippen LogP) is 12.9. The van der Waals surface area contributed by atoms with Gasteiger partial charge in [0.2, 0.25) is 0 Å². The molecule has 50 heavy (non-hydrogen) atoms. The van der Waals surface area contributed by atoms with E-state index in [1.807, 2.05) is 72.8 Å². The largest absolute Gasteiger partial charge is 0.309 e. The van der Waals surface area contributed by atoms with Gasteiger partial charge in [0.05, 0.1) is 38.5 Å². The van der Waals surface area contributed by atoms with Gasteiger partial charge < -0.3 is 9.13 Å². The second-order valence-electron chi connectivity index (χ2n) is 12.1. The molecule has 2 aromatic heterocycles. The average molecular weight is 649 g/mol. The number of rotatable bonds is 5. The van der Waals surface area contributed by atoms with Gasteiger partial charge in [-0.05, 0) is 94.0 Å². The molecule has 0 unspecified atom stereocenters. The topological polar surface area (TPSA) is 9.86 Å². The molecule has 2 heteroatoms. The first-order chi connectivity index (χ1) is 29.7. The van der Waals surface area contributed by atoms with Crippen LogP contribution in [0.4, 0.5) is 0 Å². The first-order valence-electron chi connectivity index (χ1n) is 22.2. The van der Waals surface area contributed by atoms with Crippen LogP contribution in [0.5, 0.6) is 0 Å². The minimum absolute atomic E-state index is 0.136. The monoisotopic (exact) mass is 648 g/mol. The molecular weight excluding hydrogens is 605 g/mol. The zero-order valence-corrected chi connectivity index (χ0v) is 26.4. The maximum atomic E-state index is 8.51. The lowest BCUT2D eigenvalue weighted by atomic mass is 10.0. The molecular formula is C48H32N2. The lowest BCUT2D eigenvalue weighted by Crippen LogP contribution is -1.94. The van der Waals surface area contributed by atoms with E-state index >= 15 is 0 Å². The Labute approximate surface area is 307 Å². The molecule has 10 aromatic rings. The summed E-state index contributed by atoms with van der Waals surface area (Å²) < 4.78 is 104. The van der Waals surface area contributed by atoms with Crippen molar-refractivity contribution < 1.29 is 16.4 Å². The lowest BCUT2D eigenvalue weighted by Gasteiger charge is -2.11. The van der Waals surface area contributed by atoms with Crippen LogP contribution in [0.3, 0.4) is 0 Å². The summed E-state index contributed by atoms with van der Waals surface area (Å²) in [5.41, 5.74) is 8.31. The molecule has 10 rings (SSSR count). The number of aromatic nitrogens is 2. The van der Waals surface area contributed by atoms with Crippen molar-refractivity contribution in [2.45, 2.75) is 0 Å². The van der Waals surface area contributed by atoms with E-state index in [1.54, 1.807) is 36.4 Å². The van der Waals surface area contributed by atoms with E-state index < -0.39 is 12.1 Å². The van der Waals surface area contributed by atoms with Crippen molar-refractivity contribution in [3.05, 3.63) is 194 Å². The Hall–Kier alpha value is -6.64. The van der Waals surface area contributed by atoms with Gasteiger partial charge in [0.25, 0.3) is 0 Å². The summed E-state index contributed by atoms with van der Waals surface area (Å²) in [6.07, 6.45) is 0. The SMILES string of the molecule is [2H]c1ccc2c(c1)c1cc(-c3ccc4c(c3)c3cc([2H])ccc3n4-c3ccc(-c4c([2H])c([2H])c([2H])c([2H])c4[2H])cc3)ccc1n2-c1ccc(-c2c([2H])c([2H])c([2H])c([2H])c2[2H])cc1. The maximum absolute atomic E-state index is 8.51. The minimum Gasteiger partial charge on any atom is -0.309 e. The molecule has 0 saturated heterocycles. The van der Waals surface area contributed by atoms with Gasteiger partial charge in [-0.2, -0.15) is 0 Å². The fraction of sp³-hybridized carbons (Fsp3) is 0. The molecule has 0 fully saturated rings. The van der Waals surface area contributed by atoms with E-state index in [-0.39, 0.29) is 59.5 Å². The minimum atomic E-state index is -0.437. The summed E-state index contributed by atoms with van der Waals surface area (Å²) in [5, 5.41) is 3.62. The van der Waals surface area contributed by atoms with Crippen LogP contribution in [0.2, 0.25) is 0 Å². The Kier molecular flexibility index (Phi) is 4.32. The number of nitrogens with zero attached hydrogens (tertiary/aromatic N) is 2. The molecule has 0 atom stereocenters. The number of benzene rings is 8. The summed E-state index contributed by atoms with van der Waals surface area (Å²) in [6.45, 7) is 0. The number of hydrogen-bond acceptors (Lipinski definition) is 0. The molecule has 0 N–H and O–H groups in total. The van der Waals surface area contributed by atoms with Gasteiger partial charge in [0.15, 0.2) is 0 Å². The van der Waals surface area contributed by atoms with E-state index in [9.17, 15) is 0 Å². The van der Waals surface area contributed by atoms with Crippen molar-refractivity contribution in [3.8, 4) is 44.8 Å². The van der Waals surface area contributed by atoms with E-state index in [2.05, 4.69) is 21.3 Å². The molecule has 0 saturated carbocycles. The molecule has 0 amide bonds. The first-order valence-corrected chi connectivity index (χ1v) is 16.2. The molecule has 0 spiro atoms. The Balaban J connectivity index is 1.08. The third kappa shape index (κ3) is 4.57. The second kappa shape index (κ2) is 11.5. The third-order valence-corrected chi connectivity index (χ3v) is 9.38. The Morgan fingerprint density at radius 2 is 0.680 bits per heavy atom. The van der Waals surface area contributed by atoms with Crippen LogP contribution >= 0.6 is 0 Å². The summed E-state index contributed by atoms with van der Waals surface area (Å²) >= 11 is 0. The van der Waals surface area contributed by atoms with Gasteiger partial charge in [-0.15, -0.1) is 0 Å². The molecule has 234 valence electrons. The van der Waals surface area contributed by atoms with E-state index in [0.717, 1.165) is 66.1 Å². The van der Waals surface area contributed by atoms with Gasteiger partial charge in [-0.1, -0.05) is 133 Å². The number of hydrogen-bond donors (Lipinski definition) is 0. The normalized spacial score (nSPS) is 15.0. The van der Waals surface area contributed by atoms with Gasteiger partial charge in [0.1, 0.15) is 0 Å². The van der Waals surface area contributed by atoms with Crippen LogP contribution in [0.1, 0.15) is 16.4 Å². The van der Waals surface area contributed by atoms with Crippen LogP contribution < -0.4 is 0 Å². The van der Waals surface area contributed by atoms with Crippen LogP contribution in [0.15, 0.2) is 194 Å². The molecule has 0 radical (unpaired) electrons. The molecule has 8 aromatic carbocycles. The smallest absolute Gasteiger partial charge is 0.0629 e. The van der Waals surface area contributed by atoms with E-state index in [4.69, 9.17) is 16.4 Å². The summed E-state index contributed by atoms with van der Waals surface area (Å²) in [5.74, 6) is 0.